The van der Waals surface area contributed by atoms with Gasteiger partial charge < -0.3 is 9.90 Å². The number of hydrogen-bond donors (Lipinski definition) is 0. The van der Waals surface area contributed by atoms with E-state index in [1.807, 2.05) is 0 Å². The Morgan fingerprint density at radius 3 is 2.20 bits per heavy atom. The van der Waals surface area contributed by atoms with Gasteiger partial charge in [-0.15, -0.1) is 0 Å². The zero-order chi connectivity index (χ0) is 7.98. The van der Waals surface area contributed by atoms with Crippen molar-refractivity contribution >= 4 is 16.9 Å². The molecular weight excluding hydrogens is 148 g/mol. The predicted molar refractivity (Wildman–Crippen MR) is 42.9 cm³/mol. The van der Waals surface area contributed by atoms with Crippen LogP contribution in [0.15, 0.2) is 0 Å². The molecule has 0 aromatic carbocycles. The van der Waals surface area contributed by atoms with Gasteiger partial charge in [0.1, 0.15) is 17.3 Å². The standard InChI is InChI=1S/C7H14O2S/c1-3-10(4-2)6-5-7(8)9/h3-6H2,1-2H3. The zero-order valence-electron chi connectivity index (χ0n) is 6.55. The van der Waals surface area contributed by atoms with Crippen LogP contribution in [0.3, 0.4) is 0 Å². The van der Waals surface area contributed by atoms with Crippen molar-refractivity contribution in [2.24, 2.45) is 0 Å². The summed E-state index contributed by atoms with van der Waals surface area (Å²) in [6.45, 7) is 4.20. The molecule has 0 rings (SSSR count). The van der Waals surface area contributed by atoms with Crippen LogP contribution in [0.25, 0.3) is 0 Å². The Hall–Kier alpha value is -0.180. The fraction of sp³-hybridized carbons (Fsp3) is 0.857. The molecule has 0 unspecified atom stereocenters. The third-order valence-corrected chi connectivity index (χ3v) is 3.83. The maximum atomic E-state index is 10.0. The third kappa shape index (κ3) is 4.68. The molecule has 0 aromatic heterocycles. The van der Waals surface area contributed by atoms with Crippen molar-refractivity contribution in [3.05, 3.63) is 0 Å². The number of carboxylic acids is 1. The molecule has 0 amide bonds. The van der Waals surface area contributed by atoms with Gasteiger partial charge in [-0.3, -0.25) is 0 Å². The smallest absolute Gasteiger partial charge is 0.113 e. The Morgan fingerprint density at radius 1 is 1.40 bits per heavy atom. The molecule has 60 valence electrons. The summed E-state index contributed by atoms with van der Waals surface area (Å²) >= 11 is 0. The first-order valence-electron chi connectivity index (χ1n) is 3.54. The predicted octanol–water partition coefficient (Wildman–Crippen LogP) is -0.216. The number of hydrogen-bond acceptors (Lipinski definition) is 2. The quantitative estimate of drug-likeness (QED) is 0.525. The lowest BCUT2D eigenvalue weighted by Crippen LogP contribution is -2.26. The molecule has 0 heterocycles. The number of aliphatic carboxylic acids is 1. The summed E-state index contributed by atoms with van der Waals surface area (Å²) in [5, 5.41) is 10.0. The van der Waals surface area contributed by atoms with Gasteiger partial charge in [-0.05, 0) is 24.7 Å². The van der Waals surface area contributed by atoms with Crippen LogP contribution in [-0.4, -0.2) is 23.2 Å². The van der Waals surface area contributed by atoms with Crippen LogP contribution < -0.4 is 5.11 Å². The van der Waals surface area contributed by atoms with Crippen molar-refractivity contribution in [3.8, 4) is 0 Å². The topological polar surface area (TPSA) is 40.1 Å². The molecule has 2 nitrogen and oxygen atoms in total. The normalized spacial score (nSPS) is 10.3. The average molecular weight is 162 g/mol. The Morgan fingerprint density at radius 2 is 1.90 bits per heavy atom. The third-order valence-electron chi connectivity index (χ3n) is 1.41. The maximum Gasteiger partial charge on any atom is 0.113 e. The van der Waals surface area contributed by atoms with E-state index in [9.17, 15) is 9.90 Å². The molecule has 0 aliphatic carbocycles. The zero-order valence-corrected chi connectivity index (χ0v) is 7.37. The van der Waals surface area contributed by atoms with Gasteiger partial charge in [-0.1, -0.05) is 0 Å². The molecule has 0 bridgehead atoms. The van der Waals surface area contributed by atoms with Crippen molar-refractivity contribution < 1.29 is 9.90 Å². The molecule has 0 N–H and O–H groups in total. The number of carbonyl (C=O) groups excluding carboxylic acids is 1. The lowest BCUT2D eigenvalue weighted by atomic mass is 10.5. The molecule has 0 saturated carbocycles. The highest BCUT2D eigenvalue weighted by molar-refractivity contribution is 7.96. The molecule has 0 radical (unpaired) electrons. The van der Waals surface area contributed by atoms with Crippen LogP contribution in [0.2, 0.25) is 0 Å². The summed E-state index contributed by atoms with van der Waals surface area (Å²) in [6.07, 6.45) is 0.227. The van der Waals surface area contributed by atoms with E-state index in [4.69, 9.17) is 0 Å². The van der Waals surface area contributed by atoms with E-state index in [-0.39, 0.29) is 6.42 Å². The summed E-state index contributed by atoms with van der Waals surface area (Å²) in [5.74, 6) is 2.09. The first-order valence-corrected chi connectivity index (χ1v) is 5.27. The maximum absolute atomic E-state index is 10.0. The van der Waals surface area contributed by atoms with Crippen molar-refractivity contribution in [1.29, 1.82) is 0 Å². The fourth-order valence-corrected chi connectivity index (χ4v) is 2.16. The molecule has 0 aliphatic heterocycles. The number of rotatable bonds is 5. The van der Waals surface area contributed by atoms with Gasteiger partial charge in [0.25, 0.3) is 0 Å². The molecule has 0 saturated heterocycles. The van der Waals surface area contributed by atoms with Gasteiger partial charge in [0.05, 0.1) is 0 Å². The summed E-state index contributed by atoms with van der Waals surface area (Å²) in [4.78, 5) is 10.0. The van der Waals surface area contributed by atoms with Crippen LogP contribution in [0.4, 0.5) is 0 Å². The highest BCUT2D eigenvalue weighted by Crippen LogP contribution is 1.97. The van der Waals surface area contributed by atoms with Gasteiger partial charge in [0.2, 0.25) is 0 Å². The minimum Gasteiger partial charge on any atom is -0.550 e. The van der Waals surface area contributed by atoms with E-state index in [0.717, 1.165) is 17.3 Å². The molecule has 0 fully saturated rings. The van der Waals surface area contributed by atoms with Gasteiger partial charge in [0.15, 0.2) is 0 Å². The molecule has 10 heavy (non-hydrogen) atoms. The first-order chi connectivity index (χ1) is 4.70. The monoisotopic (exact) mass is 162 g/mol. The SMILES string of the molecule is CC[S+](CC)CCC(=O)[O-]. The second kappa shape index (κ2) is 5.59. The molecule has 0 atom stereocenters. The summed E-state index contributed by atoms with van der Waals surface area (Å²) in [5.41, 5.74) is 0. The summed E-state index contributed by atoms with van der Waals surface area (Å²) < 4.78 is 0. The van der Waals surface area contributed by atoms with Crippen molar-refractivity contribution in [1.82, 2.24) is 0 Å². The van der Waals surface area contributed by atoms with E-state index in [1.54, 1.807) is 0 Å². The van der Waals surface area contributed by atoms with Gasteiger partial charge in [-0.2, -0.15) is 0 Å². The van der Waals surface area contributed by atoms with E-state index in [0.29, 0.717) is 10.9 Å². The van der Waals surface area contributed by atoms with E-state index < -0.39 is 5.97 Å². The fourth-order valence-electron chi connectivity index (χ4n) is 0.720. The van der Waals surface area contributed by atoms with Crippen molar-refractivity contribution in [2.75, 3.05) is 17.3 Å². The Labute approximate surface area is 65.0 Å². The molecule has 3 heteroatoms. The average Bonchev–Trinajstić information content (AvgIpc) is 1.90. The minimum absolute atomic E-state index is 0.227. The van der Waals surface area contributed by atoms with Gasteiger partial charge in [0, 0.05) is 12.4 Å². The van der Waals surface area contributed by atoms with Crippen molar-refractivity contribution in [2.45, 2.75) is 20.3 Å². The van der Waals surface area contributed by atoms with Crippen LogP contribution in [-0.2, 0) is 15.7 Å². The Bertz CT molecular complexity index is 99.8. The molecule has 0 spiro atoms. The molecular formula is C7H14O2S. The van der Waals surface area contributed by atoms with Gasteiger partial charge in [-0.25, -0.2) is 0 Å². The highest BCUT2D eigenvalue weighted by atomic mass is 32.2. The Balaban J connectivity index is 3.34. The minimum atomic E-state index is -0.917. The second-order valence-corrected chi connectivity index (χ2v) is 4.80. The largest absolute Gasteiger partial charge is 0.550 e. The number of carbonyl (C=O) groups is 1. The van der Waals surface area contributed by atoms with E-state index in [1.165, 1.54) is 0 Å². The molecule has 0 aliphatic rings. The van der Waals surface area contributed by atoms with Crippen molar-refractivity contribution in [3.63, 3.8) is 0 Å². The summed E-state index contributed by atoms with van der Waals surface area (Å²) in [6, 6.07) is 0. The van der Waals surface area contributed by atoms with E-state index in [2.05, 4.69) is 13.8 Å². The van der Waals surface area contributed by atoms with E-state index >= 15 is 0 Å². The molecule has 0 aromatic rings. The number of carboxylic acid groups (broad SMARTS) is 1. The lowest BCUT2D eigenvalue weighted by molar-refractivity contribution is -0.305. The highest BCUT2D eigenvalue weighted by Gasteiger charge is 2.10. The van der Waals surface area contributed by atoms with Crippen LogP contribution >= 0.6 is 0 Å². The van der Waals surface area contributed by atoms with Crippen LogP contribution in [0.5, 0.6) is 0 Å². The second-order valence-electron chi connectivity index (χ2n) is 2.02. The first kappa shape index (κ1) is 9.82. The van der Waals surface area contributed by atoms with Crippen LogP contribution in [0.1, 0.15) is 20.3 Å². The Kier molecular flexibility index (Phi) is 5.49. The summed E-state index contributed by atoms with van der Waals surface area (Å²) in [7, 11) is 0.320. The van der Waals surface area contributed by atoms with Crippen LogP contribution in [0, 0.1) is 0 Å². The lowest BCUT2D eigenvalue weighted by Gasteiger charge is -2.03. The van der Waals surface area contributed by atoms with Gasteiger partial charge >= 0.3 is 0 Å².